The maximum Gasteiger partial charge on any atom is 0.276 e. The summed E-state index contributed by atoms with van der Waals surface area (Å²) >= 11 is 0. The van der Waals surface area contributed by atoms with Gasteiger partial charge in [0.2, 0.25) is 5.89 Å². The Morgan fingerprint density at radius 1 is 1.20 bits per heavy atom. The smallest absolute Gasteiger partial charge is 0.276 e. The molecule has 1 saturated heterocycles. The zero-order chi connectivity index (χ0) is 17.4. The molecule has 2 aromatic heterocycles. The van der Waals surface area contributed by atoms with E-state index >= 15 is 0 Å². The standard InChI is InChI=1S/C17H18N6O2/c1-11-18-16(25-20-11)14-9-23(17(24)15-10-22(2)21-19-15)8-13(14)12-6-4-3-5-7-12/h3-7,10,13-14H,8-9H2,1-2H3/t13-,14+/m1/s1. The molecule has 3 heterocycles. The van der Waals surface area contributed by atoms with Crippen molar-refractivity contribution in [1.82, 2.24) is 30.0 Å². The minimum absolute atomic E-state index is 0.0378. The van der Waals surface area contributed by atoms with Gasteiger partial charge in [-0.3, -0.25) is 9.48 Å². The van der Waals surface area contributed by atoms with Gasteiger partial charge in [0.1, 0.15) is 0 Å². The number of hydrogen-bond donors (Lipinski definition) is 0. The number of amides is 1. The maximum atomic E-state index is 12.8. The van der Waals surface area contributed by atoms with Crippen molar-refractivity contribution in [2.45, 2.75) is 18.8 Å². The zero-order valence-electron chi connectivity index (χ0n) is 14.0. The predicted octanol–water partition coefficient (Wildman–Crippen LogP) is 1.53. The molecule has 1 aromatic carbocycles. The molecule has 2 atom stereocenters. The van der Waals surface area contributed by atoms with Crippen LogP contribution in [0.15, 0.2) is 41.1 Å². The van der Waals surface area contributed by atoms with Crippen molar-refractivity contribution in [3.63, 3.8) is 0 Å². The van der Waals surface area contributed by atoms with E-state index in [0.29, 0.717) is 30.5 Å². The molecule has 1 amide bonds. The van der Waals surface area contributed by atoms with Crippen LogP contribution in [0.4, 0.5) is 0 Å². The Morgan fingerprint density at radius 3 is 2.60 bits per heavy atom. The first-order valence-electron chi connectivity index (χ1n) is 8.12. The molecule has 0 spiro atoms. The van der Waals surface area contributed by atoms with Gasteiger partial charge in [-0.15, -0.1) is 5.10 Å². The molecule has 1 aliphatic heterocycles. The van der Waals surface area contributed by atoms with Gasteiger partial charge in [0.25, 0.3) is 5.91 Å². The molecule has 8 heteroatoms. The largest absolute Gasteiger partial charge is 0.339 e. The summed E-state index contributed by atoms with van der Waals surface area (Å²) in [5.74, 6) is 1.10. The van der Waals surface area contributed by atoms with Crippen LogP contribution in [0.25, 0.3) is 0 Å². The van der Waals surface area contributed by atoms with Gasteiger partial charge >= 0.3 is 0 Å². The molecule has 1 fully saturated rings. The molecule has 0 aliphatic carbocycles. The van der Waals surface area contributed by atoms with E-state index in [2.05, 4.69) is 32.6 Å². The van der Waals surface area contributed by atoms with Crippen molar-refractivity contribution >= 4 is 5.91 Å². The molecule has 0 bridgehead atoms. The summed E-state index contributed by atoms with van der Waals surface area (Å²) in [5.41, 5.74) is 1.49. The Balaban J connectivity index is 1.65. The zero-order valence-corrected chi connectivity index (χ0v) is 14.0. The summed E-state index contributed by atoms with van der Waals surface area (Å²) in [7, 11) is 1.74. The van der Waals surface area contributed by atoms with E-state index in [9.17, 15) is 4.79 Å². The van der Waals surface area contributed by atoms with Crippen LogP contribution in [-0.4, -0.2) is 49.0 Å². The number of hydrogen-bond acceptors (Lipinski definition) is 6. The molecule has 3 aromatic rings. The molecule has 1 aliphatic rings. The summed E-state index contributed by atoms with van der Waals surface area (Å²) in [6.45, 7) is 2.88. The first-order valence-corrected chi connectivity index (χ1v) is 8.12. The Hall–Kier alpha value is -3.03. The number of aryl methyl sites for hydroxylation is 2. The van der Waals surface area contributed by atoms with Crippen LogP contribution >= 0.6 is 0 Å². The van der Waals surface area contributed by atoms with E-state index in [1.165, 1.54) is 4.68 Å². The average Bonchev–Trinajstić information content (AvgIpc) is 3.34. The van der Waals surface area contributed by atoms with Crippen LogP contribution in [0.2, 0.25) is 0 Å². The molecule has 0 N–H and O–H groups in total. The normalized spacial score (nSPS) is 20.2. The lowest BCUT2D eigenvalue weighted by Crippen LogP contribution is -2.29. The van der Waals surface area contributed by atoms with Gasteiger partial charge in [0, 0.05) is 26.1 Å². The lowest BCUT2D eigenvalue weighted by Gasteiger charge is -2.15. The monoisotopic (exact) mass is 338 g/mol. The second kappa shape index (κ2) is 6.12. The number of aromatic nitrogens is 5. The van der Waals surface area contributed by atoms with Crippen molar-refractivity contribution in [3.05, 3.63) is 59.5 Å². The van der Waals surface area contributed by atoms with E-state index in [1.54, 1.807) is 25.1 Å². The molecule has 4 rings (SSSR count). The average molecular weight is 338 g/mol. The fourth-order valence-corrected chi connectivity index (χ4v) is 3.33. The van der Waals surface area contributed by atoms with Crippen LogP contribution in [0.5, 0.6) is 0 Å². The van der Waals surface area contributed by atoms with E-state index in [0.717, 1.165) is 5.56 Å². The first kappa shape index (κ1) is 15.5. The molecule has 0 saturated carbocycles. The summed E-state index contributed by atoms with van der Waals surface area (Å²) in [6.07, 6.45) is 1.63. The van der Waals surface area contributed by atoms with Crippen molar-refractivity contribution in [2.24, 2.45) is 7.05 Å². The SMILES string of the molecule is Cc1noc([C@H]2CN(C(=O)c3cn(C)nn3)C[C@@H]2c2ccccc2)n1. The van der Waals surface area contributed by atoms with Crippen LogP contribution in [0, 0.1) is 6.92 Å². The Bertz CT molecular complexity index is 887. The van der Waals surface area contributed by atoms with Crippen molar-refractivity contribution in [1.29, 1.82) is 0 Å². The summed E-state index contributed by atoms with van der Waals surface area (Å²) in [4.78, 5) is 18.9. The van der Waals surface area contributed by atoms with E-state index in [1.807, 2.05) is 18.2 Å². The number of likely N-dealkylation sites (tertiary alicyclic amines) is 1. The number of carbonyl (C=O) groups excluding carboxylic acids is 1. The van der Waals surface area contributed by atoms with Gasteiger partial charge in [-0.25, -0.2) is 0 Å². The fraction of sp³-hybridized carbons (Fsp3) is 0.353. The van der Waals surface area contributed by atoms with Crippen LogP contribution in [0.3, 0.4) is 0 Å². The quantitative estimate of drug-likeness (QED) is 0.719. The highest BCUT2D eigenvalue weighted by Gasteiger charge is 2.40. The lowest BCUT2D eigenvalue weighted by atomic mass is 9.89. The Morgan fingerprint density at radius 2 is 1.96 bits per heavy atom. The molecule has 8 nitrogen and oxygen atoms in total. The molecule has 128 valence electrons. The van der Waals surface area contributed by atoms with Crippen LogP contribution in [0.1, 0.15) is 39.6 Å². The third kappa shape index (κ3) is 2.90. The molecular weight excluding hydrogens is 320 g/mol. The van der Waals surface area contributed by atoms with Gasteiger partial charge < -0.3 is 9.42 Å². The number of nitrogens with zero attached hydrogens (tertiary/aromatic N) is 6. The van der Waals surface area contributed by atoms with Gasteiger partial charge in [-0.1, -0.05) is 40.7 Å². The number of benzene rings is 1. The molecule has 0 unspecified atom stereocenters. The highest BCUT2D eigenvalue weighted by molar-refractivity contribution is 5.92. The van der Waals surface area contributed by atoms with Gasteiger partial charge in [-0.2, -0.15) is 4.98 Å². The topological polar surface area (TPSA) is 89.9 Å². The van der Waals surface area contributed by atoms with Crippen LogP contribution in [-0.2, 0) is 7.05 Å². The van der Waals surface area contributed by atoms with Gasteiger partial charge in [0.05, 0.1) is 12.1 Å². The van der Waals surface area contributed by atoms with Gasteiger partial charge in [-0.05, 0) is 12.5 Å². The molecule has 0 radical (unpaired) electrons. The highest BCUT2D eigenvalue weighted by atomic mass is 16.5. The van der Waals surface area contributed by atoms with Crippen molar-refractivity contribution in [2.75, 3.05) is 13.1 Å². The minimum Gasteiger partial charge on any atom is -0.339 e. The van der Waals surface area contributed by atoms with Crippen LogP contribution < -0.4 is 0 Å². The lowest BCUT2D eigenvalue weighted by molar-refractivity contribution is 0.0782. The Kier molecular flexibility index (Phi) is 3.79. The third-order valence-corrected chi connectivity index (χ3v) is 4.52. The first-order chi connectivity index (χ1) is 12.1. The third-order valence-electron chi connectivity index (χ3n) is 4.52. The Labute approximate surface area is 144 Å². The van der Waals surface area contributed by atoms with Gasteiger partial charge in [0.15, 0.2) is 11.5 Å². The summed E-state index contributed by atoms with van der Waals surface area (Å²) in [5, 5.41) is 11.7. The number of carbonyl (C=O) groups is 1. The molecule has 25 heavy (non-hydrogen) atoms. The maximum absolute atomic E-state index is 12.8. The predicted molar refractivity (Wildman–Crippen MR) is 87.9 cm³/mol. The van der Waals surface area contributed by atoms with Crippen molar-refractivity contribution < 1.29 is 9.32 Å². The second-order valence-electron chi connectivity index (χ2n) is 6.29. The number of rotatable bonds is 3. The van der Waals surface area contributed by atoms with E-state index in [-0.39, 0.29) is 17.7 Å². The van der Waals surface area contributed by atoms with E-state index < -0.39 is 0 Å². The minimum atomic E-state index is -0.132. The highest BCUT2D eigenvalue weighted by Crippen LogP contribution is 2.39. The summed E-state index contributed by atoms with van der Waals surface area (Å²) in [6, 6.07) is 10.1. The van der Waals surface area contributed by atoms with Crippen molar-refractivity contribution in [3.8, 4) is 0 Å². The second-order valence-corrected chi connectivity index (χ2v) is 6.29. The fourth-order valence-electron chi connectivity index (χ4n) is 3.33. The summed E-state index contributed by atoms with van der Waals surface area (Å²) < 4.78 is 6.93. The van der Waals surface area contributed by atoms with E-state index in [4.69, 9.17) is 4.52 Å². The molecular formula is C17H18N6O2.